The second-order valence-corrected chi connectivity index (χ2v) is 6.10. The number of ketones is 1. The molecule has 0 radical (unpaired) electrons. The van der Waals surface area contributed by atoms with E-state index < -0.39 is 7.82 Å². The maximum Gasteiger partial charge on any atom is 0.267 e. The van der Waals surface area contributed by atoms with Gasteiger partial charge in [-0.05, 0) is 24.8 Å². The minimum atomic E-state index is -4.09. The average molecular weight is 320 g/mol. The molecule has 0 aromatic carbocycles. The van der Waals surface area contributed by atoms with Crippen molar-refractivity contribution in [3.8, 4) is 0 Å². The van der Waals surface area contributed by atoms with E-state index >= 15 is 0 Å². The molecule has 0 fully saturated rings. The third-order valence-electron chi connectivity index (χ3n) is 2.85. The van der Waals surface area contributed by atoms with Gasteiger partial charge in [-0.1, -0.05) is 24.4 Å². The molecule has 21 heavy (non-hydrogen) atoms. The summed E-state index contributed by atoms with van der Waals surface area (Å²) < 4.78 is 19.6. The predicted octanol–water partition coefficient (Wildman–Crippen LogP) is 3.12. The van der Waals surface area contributed by atoms with Gasteiger partial charge in [-0.3, -0.25) is 9.36 Å². The molecule has 0 saturated carbocycles. The van der Waals surface area contributed by atoms with E-state index in [9.17, 15) is 14.3 Å². The first-order valence-corrected chi connectivity index (χ1v) is 8.52. The molecule has 8 nitrogen and oxygen atoms in total. The van der Waals surface area contributed by atoms with Crippen LogP contribution in [0.1, 0.15) is 51.4 Å². The van der Waals surface area contributed by atoms with Gasteiger partial charge in [0.25, 0.3) is 7.82 Å². The van der Waals surface area contributed by atoms with Crippen LogP contribution < -0.4 is 4.89 Å². The summed E-state index contributed by atoms with van der Waals surface area (Å²) in [5.41, 5.74) is 8.08. The maximum absolute atomic E-state index is 11.5. The third kappa shape index (κ3) is 13.8. The minimum absolute atomic E-state index is 0.132. The standard InChI is InChI=1S/C12H24N3O5P/c1-19-21(17,18)20-11-6-4-2-3-5-8-12(16)9-7-10-14-15-13/h2-11H2,1H3,(H,17,18)/p-1. The average Bonchev–Trinajstić information content (AvgIpc) is 2.46. The summed E-state index contributed by atoms with van der Waals surface area (Å²) in [4.78, 5) is 24.9. The first-order chi connectivity index (χ1) is 10.0. The normalized spacial score (nSPS) is 13.4. The van der Waals surface area contributed by atoms with Crippen molar-refractivity contribution in [2.75, 3.05) is 20.3 Å². The third-order valence-corrected chi connectivity index (χ3v) is 3.80. The van der Waals surface area contributed by atoms with Crippen molar-refractivity contribution >= 4 is 13.6 Å². The van der Waals surface area contributed by atoms with Gasteiger partial charge in [0.2, 0.25) is 0 Å². The van der Waals surface area contributed by atoms with Crippen molar-refractivity contribution in [3.05, 3.63) is 10.4 Å². The van der Waals surface area contributed by atoms with E-state index in [1.807, 2.05) is 0 Å². The number of rotatable bonds is 14. The largest absolute Gasteiger partial charge is 0.756 e. The zero-order chi connectivity index (χ0) is 16.0. The fourth-order valence-electron chi connectivity index (χ4n) is 1.70. The summed E-state index contributed by atoms with van der Waals surface area (Å²) in [6.07, 6.45) is 5.82. The molecule has 0 aromatic heterocycles. The molecule has 122 valence electrons. The molecule has 0 aromatic rings. The summed E-state index contributed by atoms with van der Waals surface area (Å²) in [5, 5.41) is 3.37. The van der Waals surface area contributed by atoms with Crippen LogP contribution in [0.25, 0.3) is 10.4 Å². The van der Waals surface area contributed by atoms with Crippen LogP contribution in [0.5, 0.6) is 0 Å². The summed E-state index contributed by atoms with van der Waals surface area (Å²) in [6, 6.07) is 0. The number of azide groups is 1. The van der Waals surface area contributed by atoms with Crippen molar-refractivity contribution in [2.24, 2.45) is 5.11 Å². The van der Waals surface area contributed by atoms with E-state index in [4.69, 9.17) is 5.53 Å². The molecule has 1 atom stereocenters. The van der Waals surface area contributed by atoms with Crippen molar-refractivity contribution in [1.29, 1.82) is 0 Å². The summed E-state index contributed by atoms with van der Waals surface area (Å²) in [6.45, 7) is 0.500. The lowest BCUT2D eigenvalue weighted by Gasteiger charge is -2.19. The second-order valence-electron chi connectivity index (χ2n) is 4.58. The lowest BCUT2D eigenvalue weighted by Crippen LogP contribution is -2.07. The van der Waals surface area contributed by atoms with Crippen molar-refractivity contribution in [1.82, 2.24) is 0 Å². The molecule has 0 saturated heterocycles. The first-order valence-electron chi connectivity index (χ1n) is 7.05. The van der Waals surface area contributed by atoms with Gasteiger partial charge in [0.1, 0.15) is 5.78 Å². The smallest absolute Gasteiger partial charge is 0.267 e. The molecule has 0 heterocycles. The van der Waals surface area contributed by atoms with Crippen LogP contribution in [-0.2, 0) is 18.4 Å². The Hall–Kier alpha value is -0.910. The Morgan fingerprint density at radius 2 is 1.81 bits per heavy atom. The summed E-state index contributed by atoms with van der Waals surface area (Å²) >= 11 is 0. The van der Waals surface area contributed by atoms with Gasteiger partial charge in [-0.25, -0.2) is 0 Å². The predicted molar refractivity (Wildman–Crippen MR) is 76.5 cm³/mol. The molecule has 0 aliphatic carbocycles. The Labute approximate surface area is 125 Å². The summed E-state index contributed by atoms with van der Waals surface area (Å²) in [5.74, 6) is 0.193. The molecule has 0 amide bonds. The van der Waals surface area contributed by atoms with E-state index in [0.29, 0.717) is 32.2 Å². The van der Waals surface area contributed by atoms with E-state index in [0.717, 1.165) is 32.8 Å². The molecular weight excluding hydrogens is 297 g/mol. The summed E-state index contributed by atoms with van der Waals surface area (Å²) in [7, 11) is -3.02. The number of phosphoric ester groups is 1. The zero-order valence-corrected chi connectivity index (χ0v) is 13.3. The highest BCUT2D eigenvalue weighted by Crippen LogP contribution is 2.36. The van der Waals surface area contributed by atoms with Crippen molar-refractivity contribution in [2.45, 2.75) is 51.4 Å². The van der Waals surface area contributed by atoms with Crippen LogP contribution in [0.2, 0.25) is 0 Å². The SMILES string of the molecule is COP(=O)([O-])OCCCCCCCC(=O)CCCN=[N+]=[N-]. The van der Waals surface area contributed by atoms with Crippen LogP contribution in [-0.4, -0.2) is 26.0 Å². The molecular formula is C12H23N3O5P-. The van der Waals surface area contributed by atoms with Gasteiger partial charge < -0.3 is 13.9 Å². The highest BCUT2D eigenvalue weighted by atomic mass is 31.2. The molecule has 9 heteroatoms. The molecule has 0 rings (SSSR count). The second kappa shape index (κ2) is 12.8. The van der Waals surface area contributed by atoms with Crippen molar-refractivity contribution in [3.63, 3.8) is 0 Å². The van der Waals surface area contributed by atoms with Crippen LogP contribution in [0.3, 0.4) is 0 Å². The van der Waals surface area contributed by atoms with Crippen molar-refractivity contribution < 1.29 is 23.3 Å². The highest BCUT2D eigenvalue weighted by molar-refractivity contribution is 7.45. The van der Waals surface area contributed by atoms with Crippen LogP contribution in [0.4, 0.5) is 0 Å². The molecule has 0 aliphatic heterocycles. The maximum atomic E-state index is 11.5. The number of carbonyl (C=O) groups is 1. The molecule has 1 unspecified atom stereocenters. The van der Waals surface area contributed by atoms with Gasteiger partial charge in [0.15, 0.2) is 0 Å². The highest BCUT2D eigenvalue weighted by Gasteiger charge is 2.05. The van der Waals surface area contributed by atoms with Crippen LogP contribution in [0, 0.1) is 0 Å². The van der Waals surface area contributed by atoms with Gasteiger partial charge in [0, 0.05) is 31.4 Å². The minimum Gasteiger partial charge on any atom is -0.756 e. The topological polar surface area (TPSA) is 124 Å². The van der Waals surface area contributed by atoms with Gasteiger partial charge in [-0.15, -0.1) is 0 Å². The Morgan fingerprint density at radius 1 is 1.19 bits per heavy atom. The fourth-order valence-corrected chi connectivity index (χ4v) is 2.16. The van der Waals surface area contributed by atoms with E-state index in [2.05, 4.69) is 19.1 Å². The Morgan fingerprint density at radius 3 is 2.48 bits per heavy atom. The van der Waals surface area contributed by atoms with Gasteiger partial charge >= 0.3 is 0 Å². The number of nitrogens with zero attached hydrogens (tertiary/aromatic N) is 3. The van der Waals surface area contributed by atoms with Crippen LogP contribution in [0.15, 0.2) is 5.11 Å². The van der Waals surface area contributed by atoms with Crippen LogP contribution >= 0.6 is 7.82 Å². The number of Topliss-reactive ketones (excluding diaryl/α,β-unsaturated/α-hetero) is 1. The Bertz CT molecular complexity index is 385. The molecule has 0 spiro atoms. The molecule has 0 N–H and O–H groups in total. The van der Waals surface area contributed by atoms with E-state index in [1.54, 1.807) is 0 Å². The molecule has 0 aliphatic rings. The Balaban J connectivity index is 3.34. The van der Waals surface area contributed by atoms with E-state index in [-0.39, 0.29) is 12.4 Å². The first kappa shape index (κ1) is 20.1. The monoisotopic (exact) mass is 320 g/mol. The molecule has 0 bridgehead atoms. The lowest BCUT2D eigenvalue weighted by molar-refractivity contribution is -0.223. The van der Waals surface area contributed by atoms with Gasteiger partial charge in [0.05, 0.1) is 6.61 Å². The quantitative estimate of drug-likeness (QED) is 0.160. The number of hydrogen-bond acceptors (Lipinski definition) is 6. The Kier molecular flexibility index (Phi) is 12.2. The fraction of sp³-hybridized carbons (Fsp3) is 0.917. The van der Waals surface area contributed by atoms with Gasteiger partial charge in [-0.2, -0.15) is 0 Å². The zero-order valence-electron chi connectivity index (χ0n) is 12.4. The number of phosphoric acid groups is 1. The lowest BCUT2D eigenvalue weighted by atomic mass is 10.1. The van der Waals surface area contributed by atoms with E-state index in [1.165, 1.54) is 0 Å². The number of carbonyl (C=O) groups excluding carboxylic acids is 1. The number of hydrogen-bond donors (Lipinski definition) is 0. The number of unbranched alkanes of at least 4 members (excludes halogenated alkanes) is 4.